The molecule has 1 heterocycles. The van der Waals surface area contributed by atoms with Crippen molar-refractivity contribution in [2.45, 2.75) is 12.5 Å². The second-order valence-corrected chi connectivity index (χ2v) is 7.00. The summed E-state index contributed by atoms with van der Waals surface area (Å²) in [5, 5.41) is 0. The molecule has 4 rings (SSSR count). The minimum atomic E-state index is -0.630. The number of benzene rings is 3. The predicted octanol–water partition coefficient (Wildman–Crippen LogP) is 5.33. The molecule has 0 aliphatic rings. The number of hydrogen-bond acceptors (Lipinski definition) is 2. The zero-order valence-corrected chi connectivity index (χ0v) is 16.3. The maximum absolute atomic E-state index is 11.3. The number of carbonyl (C=O) groups is 1. The molecular weight excluding hydrogens is 356 g/mol. The fraction of sp³-hybridized carbons (Fsp3) is 0.0769. The molecule has 0 fully saturated rings. The first-order valence-corrected chi connectivity index (χ1v) is 9.59. The van der Waals surface area contributed by atoms with Gasteiger partial charge in [-0.25, -0.2) is 4.98 Å². The molecule has 0 bridgehead atoms. The largest absolute Gasteiger partial charge is 0.312 e. The highest BCUT2D eigenvalue weighted by atomic mass is 16.1. The maximum atomic E-state index is 11.3. The number of carbonyl (C=O) groups excluding carboxylic acids is 1. The Morgan fingerprint density at radius 3 is 1.66 bits per heavy atom. The summed E-state index contributed by atoms with van der Waals surface area (Å²) < 4.78 is 2.15. The normalized spacial score (nSPS) is 12.0. The number of rotatable bonds is 6. The van der Waals surface area contributed by atoms with Crippen molar-refractivity contribution in [3.8, 4) is 0 Å². The SMILES string of the molecule is CC(C=O)=Cc1cncn1C(c1ccccc1)(c1ccccc1)c1ccccc1. The standard InChI is InChI=1S/C26H22N2O/c1-21(19-29)17-25-18-27-20-28(25)26(22-11-5-2-6-12-22,23-13-7-3-8-14-23)24-15-9-4-10-16-24/h2-20H,1H3. The molecule has 29 heavy (non-hydrogen) atoms. The van der Waals surface area contributed by atoms with Gasteiger partial charge < -0.3 is 4.57 Å². The first kappa shape index (κ1) is 18.6. The van der Waals surface area contributed by atoms with Crippen LogP contribution in [0.2, 0.25) is 0 Å². The van der Waals surface area contributed by atoms with Gasteiger partial charge in [-0.2, -0.15) is 0 Å². The van der Waals surface area contributed by atoms with Crippen LogP contribution in [0.3, 0.4) is 0 Å². The van der Waals surface area contributed by atoms with Crippen molar-refractivity contribution in [1.29, 1.82) is 0 Å². The molecule has 0 radical (unpaired) electrons. The zero-order chi connectivity index (χ0) is 20.1. The summed E-state index contributed by atoms with van der Waals surface area (Å²) in [6.07, 6.45) is 6.39. The maximum Gasteiger partial charge on any atom is 0.145 e. The van der Waals surface area contributed by atoms with Gasteiger partial charge >= 0.3 is 0 Å². The first-order chi connectivity index (χ1) is 14.3. The molecule has 0 N–H and O–H groups in total. The van der Waals surface area contributed by atoms with E-state index in [9.17, 15) is 4.79 Å². The van der Waals surface area contributed by atoms with E-state index in [0.717, 1.165) is 28.7 Å². The van der Waals surface area contributed by atoms with E-state index in [1.54, 1.807) is 13.1 Å². The van der Waals surface area contributed by atoms with Gasteiger partial charge in [0.15, 0.2) is 0 Å². The summed E-state index contributed by atoms with van der Waals surface area (Å²) in [7, 11) is 0. The van der Waals surface area contributed by atoms with Crippen LogP contribution < -0.4 is 0 Å². The molecule has 3 nitrogen and oxygen atoms in total. The van der Waals surface area contributed by atoms with Crippen molar-refractivity contribution in [3.05, 3.63) is 131 Å². The average Bonchev–Trinajstić information content (AvgIpc) is 3.25. The van der Waals surface area contributed by atoms with Gasteiger partial charge in [-0.15, -0.1) is 0 Å². The van der Waals surface area contributed by atoms with E-state index in [1.807, 2.05) is 30.6 Å². The third-order valence-electron chi connectivity index (χ3n) is 5.16. The summed E-state index contributed by atoms with van der Waals surface area (Å²) in [6.45, 7) is 1.81. The summed E-state index contributed by atoms with van der Waals surface area (Å²) in [5.41, 5.74) is 4.24. The summed E-state index contributed by atoms with van der Waals surface area (Å²) >= 11 is 0. The molecule has 0 atom stereocenters. The average molecular weight is 378 g/mol. The molecule has 0 saturated carbocycles. The van der Waals surface area contributed by atoms with Gasteiger partial charge in [-0.05, 0) is 35.3 Å². The van der Waals surface area contributed by atoms with Crippen molar-refractivity contribution in [1.82, 2.24) is 9.55 Å². The Hall–Kier alpha value is -3.72. The Bertz CT molecular complexity index is 1020. The highest BCUT2D eigenvalue weighted by Crippen LogP contribution is 2.41. The van der Waals surface area contributed by atoms with Gasteiger partial charge in [0.2, 0.25) is 0 Å². The quantitative estimate of drug-likeness (QED) is 0.258. The van der Waals surface area contributed by atoms with Crippen molar-refractivity contribution in [2.24, 2.45) is 0 Å². The lowest BCUT2D eigenvalue weighted by atomic mass is 9.76. The Labute approximate surface area is 171 Å². The monoisotopic (exact) mass is 378 g/mol. The molecular formula is C26H22N2O. The van der Waals surface area contributed by atoms with Crippen LogP contribution in [0.5, 0.6) is 0 Å². The number of aldehydes is 1. The van der Waals surface area contributed by atoms with Crippen molar-refractivity contribution < 1.29 is 4.79 Å². The first-order valence-electron chi connectivity index (χ1n) is 9.59. The highest BCUT2D eigenvalue weighted by Gasteiger charge is 2.39. The second-order valence-electron chi connectivity index (χ2n) is 7.00. The predicted molar refractivity (Wildman–Crippen MR) is 117 cm³/mol. The third-order valence-corrected chi connectivity index (χ3v) is 5.16. The molecule has 0 amide bonds. The molecule has 3 aromatic carbocycles. The van der Waals surface area contributed by atoms with E-state index in [4.69, 9.17) is 0 Å². The lowest BCUT2D eigenvalue weighted by molar-refractivity contribution is -0.104. The van der Waals surface area contributed by atoms with E-state index < -0.39 is 5.54 Å². The van der Waals surface area contributed by atoms with Gasteiger partial charge in [0.05, 0.1) is 18.2 Å². The van der Waals surface area contributed by atoms with Gasteiger partial charge in [0, 0.05) is 0 Å². The molecule has 0 unspecified atom stereocenters. The molecule has 0 aliphatic carbocycles. The molecule has 142 valence electrons. The highest BCUT2D eigenvalue weighted by molar-refractivity contribution is 5.80. The number of nitrogens with zero attached hydrogens (tertiary/aromatic N) is 2. The molecule has 0 aliphatic heterocycles. The minimum absolute atomic E-state index is 0.630. The Kier molecular flexibility index (Phi) is 5.21. The Morgan fingerprint density at radius 1 is 0.793 bits per heavy atom. The van der Waals surface area contributed by atoms with E-state index in [0.29, 0.717) is 5.57 Å². The van der Waals surface area contributed by atoms with Gasteiger partial charge in [-0.1, -0.05) is 91.0 Å². The number of hydrogen-bond donors (Lipinski definition) is 0. The van der Waals surface area contributed by atoms with E-state index in [2.05, 4.69) is 82.3 Å². The van der Waals surface area contributed by atoms with Crippen molar-refractivity contribution in [3.63, 3.8) is 0 Å². The van der Waals surface area contributed by atoms with Crippen LogP contribution in [0.25, 0.3) is 6.08 Å². The third kappa shape index (κ3) is 3.32. The van der Waals surface area contributed by atoms with E-state index in [-0.39, 0.29) is 0 Å². The van der Waals surface area contributed by atoms with Crippen LogP contribution in [-0.2, 0) is 10.3 Å². The lowest BCUT2D eigenvalue weighted by Gasteiger charge is -2.38. The smallest absolute Gasteiger partial charge is 0.145 e. The van der Waals surface area contributed by atoms with Crippen LogP contribution in [-0.4, -0.2) is 15.8 Å². The fourth-order valence-corrected chi connectivity index (χ4v) is 3.91. The van der Waals surface area contributed by atoms with Gasteiger partial charge in [0.1, 0.15) is 11.8 Å². The number of aromatic nitrogens is 2. The van der Waals surface area contributed by atoms with Crippen LogP contribution in [0.15, 0.2) is 109 Å². The Balaban J connectivity index is 2.13. The van der Waals surface area contributed by atoms with E-state index >= 15 is 0 Å². The van der Waals surface area contributed by atoms with Crippen LogP contribution in [0, 0.1) is 0 Å². The van der Waals surface area contributed by atoms with Gasteiger partial charge in [0.25, 0.3) is 0 Å². The Morgan fingerprint density at radius 2 is 1.24 bits per heavy atom. The number of imidazole rings is 1. The summed E-state index contributed by atoms with van der Waals surface area (Å²) in [4.78, 5) is 15.8. The fourth-order valence-electron chi connectivity index (χ4n) is 3.91. The summed E-state index contributed by atoms with van der Waals surface area (Å²) in [5.74, 6) is 0. The summed E-state index contributed by atoms with van der Waals surface area (Å²) in [6, 6.07) is 31.2. The molecule has 0 saturated heterocycles. The minimum Gasteiger partial charge on any atom is -0.312 e. The second kappa shape index (κ2) is 8.11. The topological polar surface area (TPSA) is 34.9 Å². The van der Waals surface area contributed by atoms with Crippen molar-refractivity contribution >= 4 is 12.4 Å². The van der Waals surface area contributed by atoms with Crippen LogP contribution >= 0.6 is 0 Å². The van der Waals surface area contributed by atoms with Crippen LogP contribution in [0.4, 0.5) is 0 Å². The lowest BCUT2D eigenvalue weighted by Crippen LogP contribution is -2.38. The zero-order valence-electron chi connectivity index (χ0n) is 16.3. The molecule has 1 aromatic heterocycles. The van der Waals surface area contributed by atoms with Crippen molar-refractivity contribution in [2.75, 3.05) is 0 Å². The molecule has 0 spiro atoms. The number of allylic oxidation sites excluding steroid dienone is 1. The molecule has 4 aromatic rings. The van der Waals surface area contributed by atoms with Gasteiger partial charge in [-0.3, -0.25) is 4.79 Å². The molecule has 3 heteroatoms. The van der Waals surface area contributed by atoms with E-state index in [1.165, 1.54) is 0 Å². The van der Waals surface area contributed by atoms with Crippen LogP contribution in [0.1, 0.15) is 29.3 Å².